The number of carbonyl (C=O) groups is 1. The van der Waals surface area contributed by atoms with Gasteiger partial charge in [0.1, 0.15) is 0 Å². The summed E-state index contributed by atoms with van der Waals surface area (Å²) in [5, 5.41) is 18.2. The molecule has 1 N–H and O–H groups in total. The Balaban J connectivity index is 3.33. The minimum Gasteiger partial charge on any atom is -0.481 e. The number of aliphatic carboxylic acids is 1. The topological polar surface area (TPSA) is 61.1 Å². The maximum atomic E-state index is 10.7. The lowest BCUT2D eigenvalue weighted by molar-refractivity contribution is -0.136. The Kier molecular flexibility index (Phi) is 3.87. The van der Waals surface area contributed by atoms with Gasteiger partial charge >= 0.3 is 5.97 Å². The molecule has 0 spiro atoms. The van der Waals surface area contributed by atoms with E-state index in [1.54, 1.807) is 12.1 Å². The highest BCUT2D eigenvalue weighted by Gasteiger charge is 2.12. The van der Waals surface area contributed by atoms with E-state index < -0.39 is 5.97 Å². The van der Waals surface area contributed by atoms with Crippen molar-refractivity contribution in [3.63, 3.8) is 0 Å². The van der Waals surface area contributed by atoms with Crippen molar-refractivity contribution in [1.29, 1.82) is 5.26 Å². The molecule has 0 aliphatic heterocycles. The van der Waals surface area contributed by atoms with Gasteiger partial charge in [0.15, 0.2) is 0 Å². The second kappa shape index (κ2) is 4.94. The summed E-state index contributed by atoms with van der Waals surface area (Å²) in [7, 11) is 0. The van der Waals surface area contributed by atoms with Gasteiger partial charge in [0.05, 0.1) is 18.1 Å². The van der Waals surface area contributed by atoms with Gasteiger partial charge in [-0.05, 0) is 29.7 Å². The predicted octanol–water partition coefficient (Wildman–Crippen LogP) is 2.39. The quantitative estimate of drug-likeness (QED) is 0.856. The van der Waals surface area contributed by atoms with Gasteiger partial charge in [-0.15, -0.1) is 0 Å². The second-order valence-electron chi connectivity index (χ2n) is 3.20. The molecule has 0 aliphatic rings. The number of carboxylic acid groups (broad SMARTS) is 1. The lowest BCUT2D eigenvalue weighted by Gasteiger charge is -2.10. The van der Waals surface area contributed by atoms with E-state index in [0.29, 0.717) is 10.9 Å². The van der Waals surface area contributed by atoms with Gasteiger partial charge in [0.2, 0.25) is 0 Å². The molecule has 0 unspecified atom stereocenters. The molecule has 4 heteroatoms. The van der Waals surface area contributed by atoms with Crippen LogP contribution in [0.15, 0.2) is 12.1 Å². The van der Waals surface area contributed by atoms with Crippen LogP contribution < -0.4 is 0 Å². The van der Waals surface area contributed by atoms with Crippen LogP contribution in [0.3, 0.4) is 0 Å². The highest BCUT2D eigenvalue weighted by atomic mass is 79.9. The van der Waals surface area contributed by atoms with E-state index in [2.05, 4.69) is 22.0 Å². The van der Waals surface area contributed by atoms with Crippen molar-refractivity contribution in [1.82, 2.24) is 0 Å². The molecule has 78 valence electrons. The standard InChI is InChI=1S/C11H10BrNO2/c1-7-2-3-8(6-13)10(5-12)9(7)4-11(14)15/h2-3H,4-5H2,1H3,(H,14,15). The molecule has 0 aliphatic carbocycles. The van der Waals surface area contributed by atoms with Crippen LogP contribution in [0.4, 0.5) is 0 Å². The zero-order valence-corrected chi connectivity index (χ0v) is 9.84. The van der Waals surface area contributed by atoms with E-state index in [-0.39, 0.29) is 6.42 Å². The number of hydrogen-bond donors (Lipinski definition) is 1. The molecule has 0 fully saturated rings. The third-order valence-electron chi connectivity index (χ3n) is 2.25. The molecule has 15 heavy (non-hydrogen) atoms. The van der Waals surface area contributed by atoms with Crippen molar-refractivity contribution >= 4 is 21.9 Å². The maximum Gasteiger partial charge on any atom is 0.307 e. The Morgan fingerprint density at radius 3 is 2.67 bits per heavy atom. The molecule has 0 radical (unpaired) electrons. The zero-order valence-electron chi connectivity index (χ0n) is 8.25. The molecule has 0 atom stereocenters. The van der Waals surface area contributed by atoms with E-state index in [0.717, 1.165) is 16.7 Å². The Morgan fingerprint density at radius 2 is 2.20 bits per heavy atom. The van der Waals surface area contributed by atoms with Gasteiger partial charge in [-0.1, -0.05) is 22.0 Å². The van der Waals surface area contributed by atoms with Gasteiger partial charge in [0, 0.05) is 5.33 Å². The first-order valence-electron chi connectivity index (χ1n) is 4.39. The molecule has 0 heterocycles. The molecule has 1 aromatic rings. The number of rotatable bonds is 3. The highest BCUT2D eigenvalue weighted by Crippen LogP contribution is 2.21. The number of benzene rings is 1. The maximum absolute atomic E-state index is 10.7. The third kappa shape index (κ3) is 2.57. The lowest BCUT2D eigenvalue weighted by atomic mass is 9.96. The number of halogens is 1. The summed E-state index contributed by atoms with van der Waals surface area (Å²) >= 11 is 3.28. The van der Waals surface area contributed by atoms with Crippen molar-refractivity contribution in [3.05, 3.63) is 34.4 Å². The zero-order chi connectivity index (χ0) is 11.4. The smallest absolute Gasteiger partial charge is 0.307 e. The number of hydrogen-bond acceptors (Lipinski definition) is 2. The molecule has 0 bridgehead atoms. The molecule has 1 rings (SSSR count). The predicted molar refractivity (Wildman–Crippen MR) is 59.9 cm³/mol. The van der Waals surface area contributed by atoms with Crippen LogP contribution in [0.5, 0.6) is 0 Å². The number of aryl methyl sites for hydroxylation is 1. The summed E-state index contributed by atoms with van der Waals surface area (Å²) in [5.41, 5.74) is 2.96. The van der Waals surface area contributed by atoms with Gasteiger partial charge in [0.25, 0.3) is 0 Å². The van der Waals surface area contributed by atoms with Gasteiger partial charge in [-0.25, -0.2) is 0 Å². The largest absolute Gasteiger partial charge is 0.481 e. The summed E-state index contributed by atoms with van der Waals surface area (Å²) in [4.78, 5) is 10.7. The van der Waals surface area contributed by atoms with Crippen molar-refractivity contribution in [2.24, 2.45) is 0 Å². The minimum absolute atomic E-state index is 0.0394. The summed E-state index contributed by atoms with van der Waals surface area (Å²) in [6, 6.07) is 5.56. The average molecular weight is 268 g/mol. The van der Waals surface area contributed by atoms with E-state index >= 15 is 0 Å². The Hall–Kier alpha value is -1.34. The summed E-state index contributed by atoms with van der Waals surface area (Å²) in [6.07, 6.45) is -0.0394. The van der Waals surface area contributed by atoms with Crippen LogP contribution in [-0.2, 0) is 16.5 Å². The first-order chi connectivity index (χ1) is 7.10. The second-order valence-corrected chi connectivity index (χ2v) is 3.76. The van der Waals surface area contributed by atoms with Gasteiger partial charge in [-0.3, -0.25) is 4.79 Å². The van der Waals surface area contributed by atoms with Crippen LogP contribution >= 0.6 is 15.9 Å². The van der Waals surface area contributed by atoms with E-state index in [9.17, 15) is 4.79 Å². The van der Waals surface area contributed by atoms with E-state index in [4.69, 9.17) is 10.4 Å². The van der Waals surface area contributed by atoms with E-state index in [1.807, 2.05) is 6.92 Å². The summed E-state index contributed by atoms with van der Waals surface area (Å²) in [5.74, 6) is -0.879. The van der Waals surface area contributed by atoms with Crippen molar-refractivity contribution in [2.75, 3.05) is 0 Å². The van der Waals surface area contributed by atoms with Crippen LogP contribution in [0, 0.1) is 18.3 Å². The Morgan fingerprint density at radius 1 is 1.53 bits per heavy atom. The molecule has 0 saturated heterocycles. The molecular weight excluding hydrogens is 258 g/mol. The highest BCUT2D eigenvalue weighted by molar-refractivity contribution is 9.08. The normalized spacial score (nSPS) is 9.67. The first-order valence-corrected chi connectivity index (χ1v) is 5.51. The fourth-order valence-corrected chi connectivity index (χ4v) is 2.11. The van der Waals surface area contributed by atoms with Crippen LogP contribution in [-0.4, -0.2) is 11.1 Å². The fraction of sp³-hybridized carbons (Fsp3) is 0.273. The fourth-order valence-electron chi connectivity index (χ4n) is 1.46. The molecule has 1 aromatic carbocycles. The number of nitriles is 1. The molecular formula is C11H10BrNO2. The number of carboxylic acids is 1. The van der Waals surface area contributed by atoms with Gasteiger partial charge < -0.3 is 5.11 Å². The minimum atomic E-state index is -0.879. The van der Waals surface area contributed by atoms with Crippen molar-refractivity contribution in [3.8, 4) is 6.07 Å². The number of nitrogens with zero attached hydrogens (tertiary/aromatic N) is 1. The third-order valence-corrected chi connectivity index (χ3v) is 2.81. The molecule has 0 aromatic heterocycles. The lowest BCUT2D eigenvalue weighted by Crippen LogP contribution is -2.06. The van der Waals surface area contributed by atoms with Crippen molar-refractivity contribution < 1.29 is 9.90 Å². The summed E-state index contributed by atoms with van der Waals surface area (Å²) in [6.45, 7) is 1.85. The SMILES string of the molecule is Cc1ccc(C#N)c(CBr)c1CC(=O)O. The van der Waals surface area contributed by atoms with Gasteiger partial charge in [-0.2, -0.15) is 5.26 Å². The Labute approximate surface area is 96.5 Å². The molecule has 3 nitrogen and oxygen atoms in total. The van der Waals surface area contributed by atoms with E-state index in [1.165, 1.54) is 0 Å². The number of alkyl halides is 1. The monoisotopic (exact) mass is 267 g/mol. The molecule has 0 saturated carbocycles. The van der Waals surface area contributed by atoms with Crippen molar-refractivity contribution in [2.45, 2.75) is 18.7 Å². The summed E-state index contributed by atoms with van der Waals surface area (Å²) < 4.78 is 0. The van der Waals surface area contributed by atoms with Crippen LogP contribution in [0.25, 0.3) is 0 Å². The molecule has 0 amide bonds. The Bertz CT molecular complexity index is 435. The van der Waals surface area contributed by atoms with Crippen LogP contribution in [0.2, 0.25) is 0 Å². The average Bonchev–Trinajstić information content (AvgIpc) is 2.20. The first kappa shape index (κ1) is 11.7. The van der Waals surface area contributed by atoms with Crippen LogP contribution in [0.1, 0.15) is 22.3 Å².